The summed E-state index contributed by atoms with van der Waals surface area (Å²) in [6.45, 7) is 0.346. The average molecular weight is 478 g/mol. The summed E-state index contributed by atoms with van der Waals surface area (Å²) in [4.78, 5) is 31.2. The highest BCUT2D eigenvalue weighted by Crippen LogP contribution is 2.39. The van der Waals surface area contributed by atoms with Gasteiger partial charge in [-0.1, -0.05) is 23.7 Å². The Hall–Kier alpha value is -3.84. The summed E-state index contributed by atoms with van der Waals surface area (Å²) >= 11 is 6.24. The lowest BCUT2D eigenvalue weighted by Gasteiger charge is -2.35. The molecule has 8 heteroatoms. The summed E-state index contributed by atoms with van der Waals surface area (Å²) < 4.78 is 18.5. The molecule has 34 heavy (non-hydrogen) atoms. The molecule has 0 bridgehead atoms. The van der Waals surface area contributed by atoms with Crippen LogP contribution in [0.4, 0.5) is 10.1 Å². The molecule has 1 aliphatic rings. The minimum absolute atomic E-state index is 0.346. The smallest absolute Gasteiger partial charge is 0.313 e. The monoisotopic (exact) mass is 477 g/mol. The summed E-state index contributed by atoms with van der Waals surface area (Å²) in [7, 11) is 1.59. The van der Waals surface area contributed by atoms with E-state index in [0.717, 1.165) is 27.7 Å². The van der Waals surface area contributed by atoms with Crippen LogP contribution in [0.1, 0.15) is 22.9 Å². The molecule has 0 saturated carbocycles. The average Bonchev–Trinajstić information content (AvgIpc) is 3.22. The number of hydrogen-bond donors (Lipinski definition) is 2. The lowest BCUT2D eigenvalue weighted by Crippen LogP contribution is -2.45. The largest absolute Gasteiger partial charge is 0.497 e. The van der Waals surface area contributed by atoms with Crippen LogP contribution in [-0.4, -0.2) is 35.4 Å². The van der Waals surface area contributed by atoms with Gasteiger partial charge in [0.05, 0.1) is 13.2 Å². The fraction of sp³-hybridized carbons (Fsp3) is 0.154. The highest BCUT2D eigenvalue weighted by atomic mass is 35.5. The summed E-state index contributed by atoms with van der Waals surface area (Å²) in [5.74, 6) is -1.19. The molecule has 6 nitrogen and oxygen atoms in total. The Kier molecular flexibility index (Phi) is 5.71. The molecule has 0 spiro atoms. The fourth-order valence-electron chi connectivity index (χ4n) is 4.46. The van der Waals surface area contributed by atoms with Gasteiger partial charge in [-0.05, 0) is 72.1 Å². The second-order valence-corrected chi connectivity index (χ2v) is 8.53. The second kappa shape index (κ2) is 8.83. The standard InChI is InChI=1S/C26H21ClFN3O3/c1-34-19-9-2-15(3-10-19)24-23-20(21-14-16(27)4-11-22(21)30-23)12-13-31(24)26(33)25(32)29-18-7-5-17(28)6-8-18/h2-11,14,24,30H,12-13H2,1H3,(H,29,32). The minimum atomic E-state index is -0.785. The van der Waals surface area contributed by atoms with E-state index in [1.807, 2.05) is 42.5 Å². The van der Waals surface area contributed by atoms with E-state index in [9.17, 15) is 14.0 Å². The van der Waals surface area contributed by atoms with Crippen LogP contribution in [0.25, 0.3) is 10.9 Å². The van der Waals surface area contributed by atoms with Gasteiger partial charge in [-0.2, -0.15) is 0 Å². The summed E-state index contributed by atoms with van der Waals surface area (Å²) in [5.41, 5.74) is 4.01. The number of nitrogens with one attached hydrogen (secondary N) is 2. The van der Waals surface area contributed by atoms with Gasteiger partial charge in [0.25, 0.3) is 0 Å². The van der Waals surface area contributed by atoms with Crippen molar-refractivity contribution >= 4 is 40.0 Å². The second-order valence-electron chi connectivity index (χ2n) is 8.09. The van der Waals surface area contributed by atoms with Gasteiger partial charge in [0.15, 0.2) is 0 Å². The van der Waals surface area contributed by atoms with Crippen LogP contribution in [0, 0.1) is 5.82 Å². The quantitative estimate of drug-likeness (QED) is 0.404. The first-order valence-electron chi connectivity index (χ1n) is 10.8. The number of hydrogen-bond acceptors (Lipinski definition) is 3. The molecule has 2 heterocycles. The van der Waals surface area contributed by atoms with Gasteiger partial charge < -0.3 is 19.9 Å². The number of methoxy groups -OCH3 is 1. The van der Waals surface area contributed by atoms with Gasteiger partial charge in [-0.3, -0.25) is 9.59 Å². The zero-order valence-corrected chi connectivity index (χ0v) is 19.0. The third-order valence-electron chi connectivity index (χ3n) is 6.08. The number of nitrogens with zero attached hydrogens (tertiary/aromatic N) is 1. The van der Waals surface area contributed by atoms with Crippen LogP contribution < -0.4 is 10.1 Å². The number of fused-ring (bicyclic) bond motifs is 3. The Balaban J connectivity index is 1.54. The number of amides is 2. The molecule has 4 aromatic rings. The maximum Gasteiger partial charge on any atom is 0.313 e. The maximum atomic E-state index is 13.3. The summed E-state index contributed by atoms with van der Waals surface area (Å²) in [6, 6.07) is 17.8. The molecule has 1 aromatic heterocycles. The topological polar surface area (TPSA) is 74.4 Å². The molecule has 5 rings (SSSR count). The van der Waals surface area contributed by atoms with E-state index in [2.05, 4.69) is 10.3 Å². The van der Waals surface area contributed by atoms with Gasteiger partial charge in [0.2, 0.25) is 0 Å². The van der Waals surface area contributed by atoms with Crippen LogP contribution in [-0.2, 0) is 16.0 Å². The third kappa shape index (κ3) is 3.99. The first kappa shape index (κ1) is 22.0. The minimum Gasteiger partial charge on any atom is -0.497 e. The molecule has 3 aromatic carbocycles. The molecule has 1 atom stereocenters. The van der Waals surface area contributed by atoms with Crippen molar-refractivity contribution in [2.24, 2.45) is 0 Å². The van der Waals surface area contributed by atoms with Gasteiger partial charge in [0, 0.05) is 33.9 Å². The number of carbonyl (C=O) groups is 2. The summed E-state index contributed by atoms with van der Waals surface area (Å²) in [5, 5.41) is 4.21. The van der Waals surface area contributed by atoms with Crippen molar-refractivity contribution in [3.05, 3.63) is 94.4 Å². The molecule has 0 aliphatic carbocycles. The van der Waals surface area contributed by atoms with Crippen molar-refractivity contribution in [3.8, 4) is 5.75 Å². The van der Waals surface area contributed by atoms with E-state index in [1.54, 1.807) is 12.0 Å². The molecule has 1 aliphatic heterocycles. The highest BCUT2D eigenvalue weighted by molar-refractivity contribution is 6.39. The lowest BCUT2D eigenvalue weighted by molar-refractivity contribution is -0.144. The van der Waals surface area contributed by atoms with E-state index in [-0.39, 0.29) is 0 Å². The Labute approximate surface area is 200 Å². The van der Waals surface area contributed by atoms with E-state index < -0.39 is 23.7 Å². The Morgan fingerprint density at radius 2 is 1.82 bits per heavy atom. The van der Waals surface area contributed by atoms with Crippen molar-refractivity contribution in [3.63, 3.8) is 0 Å². The molecular weight excluding hydrogens is 457 g/mol. The highest BCUT2D eigenvalue weighted by Gasteiger charge is 2.37. The first-order valence-corrected chi connectivity index (χ1v) is 11.1. The van der Waals surface area contributed by atoms with Gasteiger partial charge in [-0.25, -0.2) is 4.39 Å². The molecule has 2 N–H and O–H groups in total. The van der Waals surface area contributed by atoms with Crippen molar-refractivity contribution in [2.75, 3.05) is 19.0 Å². The predicted molar refractivity (Wildman–Crippen MR) is 129 cm³/mol. The van der Waals surface area contributed by atoms with Gasteiger partial charge in [-0.15, -0.1) is 0 Å². The van der Waals surface area contributed by atoms with E-state index >= 15 is 0 Å². The fourth-order valence-corrected chi connectivity index (χ4v) is 4.63. The van der Waals surface area contributed by atoms with Crippen LogP contribution in [0.15, 0.2) is 66.7 Å². The number of H-pyrrole nitrogens is 1. The van der Waals surface area contributed by atoms with Crippen molar-refractivity contribution in [1.82, 2.24) is 9.88 Å². The number of benzene rings is 3. The van der Waals surface area contributed by atoms with Crippen LogP contribution >= 0.6 is 11.6 Å². The number of aromatic nitrogens is 1. The maximum absolute atomic E-state index is 13.3. The lowest BCUT2D eigenvalue weighted by atomic mass is 9.92. The number of ether oxygens (including phenoxy) is 1. The van der Waals surface area contributed by atoms with Crippen LogP contribution in [0.3, 0.4) is 0 Å². The Morgan fingerprint density at radius 1 is 1.09 bits per heavy atom. The Bertz CT molecular complexity index is 1380. The van der Waals surface area contributed by atoms with Crippen LogP contribution in [0.2, 0.25) is 5.02 Å². The third-order valence-corrected chi connectivity index (χ3v) is 6.31. The number of anilines is 1. The normalized spacial score (nSPS) is 15.1. The van der Waals surface area contributed by atoms with Crippen molar-refractivity contribution in [2.45, 2.75) is 12.5 Å². The molecule has 0 radical (unpaired) electrons. The molecule has 0 fully saturated rings. The SMILES string of the molecule is COc1ccc(C2c3[nH]c4ccc(Cl)cc4c3CCN2C(=O)C(=O)Nc2ccc(F)cc2)cc1. The number of carbonyl (C=O) groups excluding carboxylic acids is 2. The number of halogens is 2. The van der Waals surface area contributed by atoms with Crippen molar-refractivity contribution < 1.29 is 18.7 Å². The zero-order valence-electron chi connectivity index (χ0n) is 18.3. The summed E-state index contributed by atoms with van der Waals surface area (Å²) in [6.07, 6.45) is 0.567. The zero-order chi connectivity index (χ0) is 23.8. The molecule has 172 valence electrons. The first-order chi connectivity index (χ1) is 16.4. The molecule has 1 unspecified atom stereocenters. The van der Waals surface area contributed by atoms with Crippen molar-refractivity contribution in [1.29, 1.82) is 0 Å². The molecular formula is C26H21ClFN3O3. The van der Waals surface area contributed by atoms with Gasteiger partial charge in [0.1, 0.15) is 11.6 Å². The number of rotatable bonds is 3. The van der Waals surface area contributed by atoms with E-state index in [0.29, 0.717) is 29.4 Å². The molecule has 2 amide bonds. The molecule has 0 saturated heterocycles. The van der Waals surface area contributed by atoms with Gasteiger partial charge >= 0.3 is 11.8 Å². The van der Waals surface area contributed by atoms with Crippen LogP contribution in [0.5, 0.6) is 5.75 Å². The van der Waals surface area contributed by atoms with E-state index in [1.165, 1.54) is 24.3 Å². The Morgan fingerprint density at radius 3 is 2.53 bits per heavy atom. The number of aromatic amines is 1. The van der Waals surface area contributed by atoms with E-state index in [4.69, 9.17) is 16.3 Å². The predicted octanol–water partition coefficient (Wildman–Crippen LogP) is 5.08.